The number of nitrogens with one attached hydrogen (secondary N) is 2. The Balaban J connectivity index is 1.47. The number of fused-ring (bicyclic) bond motifs is 1. The number of nitrogens with zero attached hydrogens (tertiary/aromatic N) is 6. The van der Waals surface area contributed by atoms with Crippen LogP contribution in [0.1, 0.15) is 43.1 Å². The summed E-state index contributed by atoms with van der Waals surface area (Å²) >= 11 is 0. The van der Waals surface area contributed by atoms with Crippen LogP contribution in [0.5, 0.6) is 0 Å². The van der Waals surface area contributed by atoms with Crippen LogP contribution in [0.3, 0.4) is 0 Å². The lowest BCUT2D eigenvalue weighted by atomic mass is 9.74. The Morgan fingerprint density at radius 3 is 2.58 bits per heavy atom. The third kappa shape index (κ3) is 3.90. The van der Waals surface area contributed by atoms with Gasteiger partial charge in [0.1, 0.15) is 17.2 Å². The van der Waals surface area contributed by atoms with Crippen molar-refractivity contribution in [2.45, 2.75) is 38.1 Å². The molecular weight excluding hydrogens is 416 g/mol. The van der Waals surface area contributed by atoms with Crippen LogP contribution in [-0.4, -0.2) is 70.6 Å². The van der Waals surface area contributed by atoms with Gasteiger partial charge in [-0.1, -0.05) is 6.92 Å². The molecule has 3 aromatic rings. The van der Waals surface area contributed by atoms with E-state index in [0.717, 1.165) is 62.2 Å². The van der Waals surface area contributed by atoms with Gasteiger partial charge in [-0.25, -0.2) is 9.97 Å². The molecule has 2 N–H and O–H groups in total. The molecule has 33 heavy (non-hydrogen) atoms. The number of hydrogen-bond donors (Lipinski definition) is 2. The first kappa shape index (κ1) is 21.6. The number of aromatic nitrogens is 4. The van der Waals surface area contributed by atoms with Crippen molar-refractivity contribution in [3.05, 3.63) is 36.3 Å². The average molecular weight is 449 g/mol. The van der Waals surface area contributed by atoms with Crippen molar-refractivity contribution >= 4 is 34.4 Å². The van der Waals surface area contributed by atoms with Crippen molar-refractivity contribution in [2.75, 3.05) is 50.5 Å². The second kappa shape index (κ2) is 8.62. The normalized spacial score (nSPS) is 17.6. The predicted molar refractivity (Wildman–Crippen MR) is 130 cm³/mol. The molecule has 1 amide bonds. The van der Waals surface area contributed by atoms with Crippen molar-refractivity contribution in [3.8, 4) is 0 Å². The van der Waals surface area contributed by atoms with Crippen LogP contribution in [0.15, 0.2) is 30.6 Å². The zero-order chi connectivity index (χ0) is 23.0. The molecule has 2 fully saturated rings. The van der Waals surface area contributed by atoms with Crippen LogP contribution in [0.2, 0.25) is 0 Å². The van der Waals surface area contributed by atoms with Crippen molar-refractivity contribution in [3.63, 3.8) is 0 Å². The van der Waals surface area contributed by atoms with Crippen LogP contribution in [-0.2, 0) is 5.54 Å². The molecule has 0 radical (unpaired) electrons. The first-order valence-electron chi connectivity index (χ1n) is 11.8. The largest absolute Gasteiger partial charge is 0.368 e. The number of pyridine rings is 1. The highest BCUT2D eigenvalue weighted by Gasteiger charge is 2.41. The molecule has 2 aliphatic rings. The maximum Gasteiger partial charge on any atom is 0.270 e. The molecular formula is C24H32N8O. The maximum atomic E-state index is 13.0. The highest BCUT2D eigenvalue weighted by molar-refractivity contribution is 5.98. The van der Waals surface area contributed by atoms with Crippen LogP contribution in [0.25, 0.3) is 11.0 Å². The Morgan fingerprint density at radius 2 is 1.97 bits per heavy atom. The Bertz CT molecular complexity index is 1140. The van der Waals surface area contributed by atoms with Crippen LogP contribution >= 0.6 is 0 Å². The fraction of sp³-hybridized carbons (Fsp3) is 0.500. The zero-order valence-electron chi connectivity index (χ0n) is 19.6. The molecule has 1 saturated carbocycles. The van der Waals surface area contributed by atoms with Crippen molar-refractivity contribution < 1.29 is 4.79 Å². The van der Waals surface area contributed by atoms with E-state index >= 15 is 0 Å². The van der Waals surface area contributed by atoms with Crippen LogP contribution in [0, 0.1) is 0 Å². The fourth-order valence-corrected chi connectivity index (χ4v) is 4.92. The van der Waals surface area contributed by atoms with Gasteiger partial charge in [-0.3, -0.25) is 4.79 Å². The van der Waals surface area contributed by atoms with E-state index < -0.39 is 0 Å². The third-order valence-corrected chi connectivity index (χ3v) is 7.05. The van der Waals surface area contributed by atoms with E-state index in [1.165, 1.54) is 6.42 Å². The van der Waals surface area contributed by atoms with Crippen molar-refractivity contribution in [1.82, 2.24) is 29.7 Å². The maximum absolute atomic E-state index is 13.0. The van der Waals surface area contributed by atoms with Crippen LogP contribution < -0.4 is 15.5 Å². The van der Waals surface area contributed by atoms with E-state index in [9.17, 15) is 4.79 Å². The minimum atomic E-state index is -0.0580. The molecule has 1 aliphatic carbocycles. The van der Waals surface area contributed by atoms with Gasteiger partial charge in [0.05, 0.1) is 11.9 Å². The second-order valence-corrected chi connectivity index (χ2v) is 9.23. The Morgan fingerprint density at radius 1 is 1.18 bits per heavy atom. The highest BCUT2D eigenvalue weighted by atomic mass is 16.2. The van der Waals surface area contributed by atoms with E-state index in [2.05, 4.69) is 43.1 Å². The molecule has 5 rings (SSSR count). The number of anilines is 3. The molecule has 3 aromatic heterocycles. The minimum absolute atomic E-state index is 0.00703. The molecule has 0 bridgehead atoms. The van der Waals surface area contributed by atoms with E-state index in [0.29, 0.717) is 17.5 Å². The highest BCUT2D eigenvalue weighted by Crippen LogP contribution is 2.45. The van der Waals surface area contributed by atoms with Gasteiger partial charge in [0.15, 0.2) is 0 Å². The molecule has 0 atom stereocenters. The third-order valence-electron chi connectivity index (χ3n) is 7.05. The van der Waals surface area contributed by atoms with Gasteiger partial charge in [0, 0.05) is 57.4 Å². The van der Waals surface area contributed by atoms with Gasteiger partial charge >= 0.3 is 0 Å². The molecule has 1 saturated heterocycles. The van der Waals surface area contributed by atoms with Gasteiger partial charge in [-0.15, -0.1) is 0 Å². The summed E-state index contributed by atoms with van der Waals surface area (Å²) in [6, 6.07) is 5.97. The zero-order valence-corrected chi connectivity index (χ0v) is 19.6. The first-order valence-corrected chi connectivity index (χ1v) is 11.8. The molecule has 0 unspecified atom stereocenters. The lowest BCUT2D eigenvalue weighted by Crippen LogP contribution is -2.43. The molecule has 0 aromatic carbocycles. The second-order valence-electron chi connectivity index (χ2n) is 9.23. The number of amides is 1. The lowest BCUT2D eigenvalue weighted by Gasteiger charge is -2.44. The van der Waals surface area contributed by atoms with E-state index in [4.69, 9.17) is 4.98 Å². The summed E-state index contributed by atoms with van der Waals surface area (Å²) in [5.41, 5.74) is 2.55. The topological polar surface area (TPSA) is 91.2 Å². The van der Waals surface area contributed by atoms with Crippen LogP contribution in [0.4, 0.5) is 17.5 Å². The van der Waals surface area contributed by atoms with Crippen molar-refractivity contribution in [1.29, 1.82) is 0 Å². The monoisotopic (exact) mass is 448 g/mol. The summed E-state index contributed by atoms with van der Waals surface area (Å²) in [7, 11) is 3.58. The summed E-state index contributed by atoms with van der Waals surface area (Å²) in [4.78, 5) is 30.9. The predicted octanol–water partition coefficient (Wildman–Crippen LogP) is 2.97. The summed E-state index contributed by atoms with van der Waals surface area (Å²) < 4.78 is 2.17. The fourth-order valence-electron chi connectivity index (χ4n) is 4.92. The molecule has 174 valence electrons. The van der Waals surface area contributed by atoms with E-state index in [-0.39, 0.29) is 11.4 Å². The summed E-state index contributed by atoms with van der Waals surface area (Å²) in [5.74, 6) is 1.18. The lowest BCUT2D eigenvalue weighted by molar-refractivity contribution is 0.0780. The number of piperazine rings is 1. The molecule has 9 heteroatoms. The Kier molecular flexibility index (Phi) is 5.65. The molecule has 9 nitrogen and oxygen atoms in total. The van der Waals surface area contributed by atoms with Gasteiger partial charge in [-0.2, -0.15) is 4.98 Å². The first-order chi connectivity index (χ1) is 16.0. The quantitative estimate of drug-likeness (QED) is 0.599. The van der Waals surface area contributed by atoms with Gasteiger partial charge in [0.25, 0.3) is 5.91 Å². The van der Waals surface area contributed by atoms with Gasteiger partial charge < -0.3 is 25.0 Å². The number of rotatable bonds is 6. The smallest absolute Gasteiger partial charge is 0.270 e. The summed E-state index contributed by atoms with van der Waals surface area (Å²) in [5, 5.41) is 7.50. The minimum Gasteiger partial charge on any atom is -0.368 e. The number of carbonyl (C=O) groups excluding carboxylic acids is 1. The molecule has 0 spiro atoms. The van der Waals surface area contributed by atoms with E-state index in [1.54, 1.807) is 25.2 Å². The average Bonchev–Trinajstić information content (AvgIpc) is 3.18. The molecule has 4 heterocycles. The van der Waals surface area contributed by atoms with Gasteiger partial charge in [-0.05, 0) is 43.9 Å². The van der Waals surface area contributed by atoms with E-state index in [1.807, 2.05) is 18.3 Å². The Labute approximate surface area is 194 Å². The SMILES string of the molecule is CCC1(n2c(C(=O)N(C)C)cc3cnc(Nc4ccc(N5CCNCC5)cn4)nc32)CCC1. The van der Waals surface area contributed by atoms with Gasteiger partial charge in [0.2, 0.25) is 5.95 Å². The Hall–Kier alpha value is -3.20. The summed E-state index contributed by atoms with van der Waals surface area (Å²) in [6.45, 7) is 6.14. The summed E-state index contributed by atoms with van der Waals surface area (Å²) in [6.07, 6.45) is 7.94. The number of hydrogen-bond acceptors (Lipinski definition) is 7. The standard InChI is InChI=1S/C24H32N8O/c1-4-24(8-5-9-24)32-19(22(33)30(2)3)14-17-15-27-23(29-21(17)32)28-20-7-6-18(16-26-20)31-12-10-25-11-13-31/h6-7,14-16,25H,4-5,8-13H2,1-3H3,(H,26,27,28,29). The number of carbonyl (C=O) groups is 1. The molecule has 1 aliphatic heterocycles. The van der Waals surface area contributed by atoms with Crippen molar-refractivity contribution in [2.24, 2.45) is 0 Å².